The molecule has 1 N–H and O–H groups in total. The van der Waals surface area contributed by atoms with Crippen LogP contribution in [0, 0.1) is 6.92 Å². The lowest BCUT2D eigenvalue weighted by Crippen LogP contribution is -1.87. The van der Waals surface area contributed by atoms with Crippen molar-refractivity contribution in [2.75, 3.05) is 0 Å². The van der Waals surface area contributed by atoms with Crippen LogP contribution in [0.2, 0.25) is 0 Å². The second kappa shape index (κ2) is 3.68. The van der Waals surface area contributed by atoms with Crippen molar-refractivity contribution in [3.63, 3.8) is 0 Å². The molecule has 3 aromatic heterocycles. The van der Waals surface area contributed by atoms with Crippen molar-refractivity contribution >= 4 is 21.8 Å². The normalized spacial score (nSPS) is 11.4. The average Bonchev–Trinajstić information content (AvgIpc) is 3.08. The summed E-state index contributed by atoms with van der Waals surface area (Å²) in [6.45, 7) is 1.98. The van der Waals surface area contributed by atoms with E-state index in [1.54, 1.807) is 6.26 Å². The molecule has 0 aliphatic heterocycles. The van der Waals surface area contributed by atoms with Gasteiger partial charge in [-0.05, 0) is 19.1 Å². The van der Waals surface area contributed by atoms with Gasteiger partial charge in [-0.25, -0.2) is 4.98 Å². The van der Waals surface area contributed by atoms with Crippen LogP contribution in [0.3, 0.4) is 0 Å². The molecule has 4 rings (SSSR count). The van der Waals surface area contributed by atoms with Crippen LogP contribution in [0.1, 0.15) is 5.69 Å². The highest BCUT2D eigenvalue weighted by Crippen LogP contribution is 2.32. The van der Waals surface area contributed by atoms with Crippen LogP contribution < -0.4 is 0 Å². The molecule has 0 saturated carbocycles. The fourth-order valence-corrected chi connectivity index (χ4v) is 2.42. The SMILES string of the molecule is Cc1[nH]nc2c1nc(-c1ccco1)c1ccccc12. The molecule has 0 atom stereocenters. The number of fused-ring (bicyclic) bond motifs is 3. The molecule has 1 aromatic carbocycles. The molecular formula is C15H11N3O. The largest absolute Gasteiger partial charge is 0.463 e. The summed E-state index contributed by atoms with van der Waals surface area (Å²) in [4.78, 5) is 4.72. The van der Waals surface area contributed by atoms with E-state index < -0.39 is 0 Å². The Bertz CT molecular complexity index is 875. The molecule has 0 unspecified atom stereocenters. The number of rotatable bonds is 1. The number of H-pyrrole nitrogens is 1. The maximum Gasteiger partial charge on any atom is 0.152 e. The predicted molar refractivity (Wildman–Crippen MR) is 73.8 cm³/mol. The number of furan rings is 1. The van der Waals surface area contributed by atoms with Crippen LogP contribution in [0.25, 0.3) is 33.3 Å². The number of aromatic nitrogens is 3. The number of hydrogen-bond acceptors (Lipinski definition) is 3. The molecule has 3 heterocycles. The van der Waals surface area contributed by atoms with Crippen molar-refractivity contribution in [3.8, 4) is 11.5 Å². The molecule has 4 nitrogen and oxygen atoms in total. The average molecular weight is 249 g/mol. The van der Waals surface area contributed by atoms with Gasteiger partial charge in [0.1, 0.15) is 16.7 Å². The molecule has 0 spiro atoms. The van der Waals surface area contributed by atoms with Gasteiger partial charge in [-0.2, -0.15) is 5.10 Å². The maximum absolute atomic E-state index is 5.50. The van der Waals surface area contributed by atoms with E-state index in [9.17, 15) is 0 Å². The van der Waals surface area contributed by atoms with E-state index in [4.69, 9.17) is 9.40 Å². The summed E-state index contributed by atoms with van der Waals surface area (Å²) in [5.74, 6) is 0.777. The highest BCUT2D eigenvalue weighted by Gasteiger charge is 2.14. The van der Waals surface area contributed by atoms with Crippen LogP contribution in [-0.4, -0.2) is 15.2 Å². The lowest BCUT2D eigenvalue weighted by atomic mass is 10.1. The van der Waals surface area contributed by atoms with Gasteiger partial charge in [0.05, 0.1) is 12.0 Å². The van der Waals surface area contributed by atoms with Crippen LogP contribution in [0.4, 0.5) is 0 Å². The van der Waals surface area contributed by atoms with Crippen LogP contribution in [-0.2, 0) is 0 Å². The van der Waals surface area contributed by atoms with Crippen molar-refractivity contribution in [2.24, 2.45) is 0 Å². The number of nitrogens with one attached hydrogen (secondary N) is 1. The van der Waals surface area contributed by atoms with Crippen LogP contribution >= 0.6 is 0 Å². The van der Waals surface area contributed by atoms with Gasteiger partial charge in [-0.3, -0.25) is 5.10 Å². The Labute approximate surface area is 109 Å². The number of aromatic amines is 1. The number of nitrogens with zero attached hydrogens (tertiary/aromatic N) is 2. The van der Waals surface area contributed by atoms with Gasteiger partial charge >= 0.3 is 0 Å². The van der Waals surface area contributed by atoms with Crippen molar-refractivity contribution in [1.29, 1.82) is 0 Å². The lowest BCUT2D eigenvalue weighted by Gasteiger charge is -2.04. The van der Waals surface area contributed by atoms with Gasteiger partial charge in [0, 0.05) is 10.8 Å². The minimum atomic E-state index is 0.777. The maximum atomic E-state index is 5.50. The van der Waals surface area contributed by atoms with E-state index in [1.807, 2.05) is 37.3 Å². The Morgan fingerprint density at radius 1 is 1.00 bits per heavy atom. The van der Waals surface area contributed by atoms with Gasteiger partial charge < -0.3 is 4.42 Å². The quantitative estimate of drug-likeness (QED) is 0.560. The van der Waals surface area contributed by atoms with Crippen LogP contribution in [0.5, 0.6) is 0 Å². The first kappa shape index (κ1) is 10.3. The minimum absolute atomic E-state index is 0.777. The first-order valence-electron chi connectivity index (χ1n) is 6.12. The second-order valence-electron chi connectivity index (χ2n) is 4.53. The van der Waals surface area contributed by atoms with Crippen molar-refractivity contribution < 1.29 is 4.42 Å². The molecule has 0 aliphatic rings. The monoisotopic (exact) mass is 249 g/mol. The Morgan fingerprint density at radius 3 is 2.63 bits per heavy atom. The third-order valence-corrected chi connectivity index (χ3v) is 3.33. The molecule has 19 heavy (non-hydrogen) atoms. The third-order valence-electron chi connectivity index (χ3n) is 3.33. The zero-order valence-corrected chi connectivity index (χ0v) is 10.3. The zero-order valence-electron chi connectivity index (χ0n) is 10.3. The fraction of sp³-hybridized carbons (Fsp3) is 0.0667. The summed E-state index contributed by atoms with van der Waals surface area (Å²) in [5, 5.41) is 9.49. The summed E-state index contributed by atoms with van der Waals surface area (Å²) in [6, 6.07) is 11.9. The Balaban J connectivity index is 2.24. The van der Waals surface area contributed by atoms with Gasteiger partial charge in [0.25, 0.3) is 0 Å². The standard InChI is InChI=1S/C15H11N3O/c1-9-13-15(18-17-9)11-6-3-2-5-10(11)14(16-13)12-7-4-8-19-12/h2-8H,1H3,(H,17,18). The van der Waals surface area contributed by atoms with Gasteiger partial charge in [-0.15, -0.1) is 0 Å². The molecule has 0 aliphatic carbocycles. The van der Waals surface area contributed by atoms with E-state index in [-0.39, 0.29) is 0 Å². The van der Waals surface area contributed by atoms with Crippen LogP contribution in [0.15, 0.2) is 47.1 Å². The molecule has 4 aromatic rings. The molecular weight excluding hydrogens is 238 g/mol. The number of aryl methyl sites for hydroxylation is 1. The van der Waals surface area contributed by atoms with Gasteiger partial charge in [0.15, 0.2) is 5.76 Å². The summed E-state index contributed by atoms with van der Waals surface area (Å²) in [7, 11) is 0. The fourth-order valence-electron chi connectivity index (χ4n) is 2.42. The third kappa shape index (κ3) is 1.40. The first-order chi connectivity index (χ1) is 9.34. The van der Waals surface area contributed by atoms with E-state index in [0.29, 0.717) is 0 Å². The molecule has 0 bridgehead atoms. The zero-order chi connectivity index (χ0) is 12.8. The highest BCUT2D eigenvalue weighted by atomic mass is 16.3. The number of benzene rings is 1. The molecule has 0 radical (unpaired) electrons. The molecule has 0 saturated heterocycles. The van der Waals surface area contributed by atoms with E-state index in [0.717, 1.165) is 39.0 Å². The highest BCUT2D eigenvalue weighted by molar-refractivity contribution is 6.09. The Kier molecular flexibility index (Phi) is 2.00. The van der Waals surface area contributed by atoms with Crippen molar-refractivity contribution in [1.82, 2.24) is 15.2 Å². The van der Waals surface area contributed by atoms with Gasteiger partial charge in [0.2, 0.25) is 0 Å². The van der Waals surface area contributed by atoms with Crippen molar-refractivity contribution in [2.45, 2.75) is 6.92 Å². The smallest absolute Gasteiger partial charge is 0.152 e. The summed E-state index contributed by atoms with van der Waals surface area (Å²) in [6.07, 6.45) is 1.66. The lowest BCUT2D eigenvalue weighted by molar-refractivity contribution is 0.581. The second-order valence-corrected chi connectivity index (χ2v) is 4.53. The molecule has 0 fully saturated rings. The van der Waals surface area contributed by atoms with Gasteiger partial charge in [-0.1, -0.05) is 24.3 Å². The van der Waals surface area contributed by atoms with Crippen molar-refractivity contribution in [3.05, 3.63) is 48.4 Å². The minimum Gasteiger partial charge on any atom is -0.463 e. The first-order valence-corrected chi connectivity index (χ1v) is 6.12. The summed E-state index contributed by atoms with van der Waals surface area (Å²) in [5.41, 5.74) is 3.62. The topological polar surface area (TPSA) is 54.7 Å². The summed E-state index contributed by atoms with van der Waals surface area (Å²) >= 11 is 0. The van der Waals surface area contributed by atoms with E-state index >= 15 is 0 Å². The Morgan fingerprint density at radius 2 is 1.84 bits per heavy atom. The van der Waals surface area contributed by atoms with E-state index in [1.165, 1.54) is 0 Å². The molecule has 0 amide bonds. The molecule has 92 valence electrons. The number of pyridine rings is 1. The predicted octanol–water partition coefficient (Wildman–Crippen LogP) is 3.68. The Hall–Kier alpha value is -2.62. The summed E-state index contributed by atoms with van der Waals surface area (Å²) < 4.78 is 5.50. The number of hydrogen-bond donors (Lipinski definition) is 1. The molecule has 4 heteroatoms. The van der Waals surface area contributed by atoms with E-state index in [2.05, 4.69) is 16.3 Å².